The lowest BCUT2D eigenvalue weighted by molar-refractivity contribution is -0.121. The van der Waals surface area contributed by atoms with Crippen LogP contribution in [0.2, 0.25) is 0 Å². The van der Waals surface area contributed by atoms with Gasteiger partial charge in [-0.15, -0.1) is 6.58 Å². The summed E-state index contributed by atoms with van der Waals surface area (Å²) in [6.07, 6.45) is 2.55. The summed E-state index contributed by atoms with van der Waals surface area (Å²) in [7, 11) is 0. The van der Waals surface area contributed by atoms with Crippen LogP contribution in [0.15, 0.2) is 43.0 Å². The van der Waals surface area contributed by atoms with Crippen molar-refractivity contribution < 1.29 is 9.53 Å². The molecule has 0 aliphatic rings. The normalized spacial score (nSPS) is 12.1. The Morgan fingerprint density at radius 2 is 2.12 bits per heavy atom. The second-order valence-electron chi connectivity index (χ2n) is 3.89. The predicted octanol–water partition coefficient (Wildman–Crippen LogP) is 2.07. The molecule has 2 N–H and O–H groups in total. The molecule has 17 heavy (non-hydrogen) atoms. The van der Waals surface area contributed by atoms with Gasteiger partial charge in [0.15, 0.2) is 5.78 Å². The maximum absolute atomic E-state index is 11.5. The molecule has 0 radical (unpaired) electrons. The summed E-state index contributed by atoms with van der Waals surface area (Å²) in [5, 5.41) is 0. The first-order valence-electron chi connectivity index (χ1n) is 5.75. The molecule has 1 unspecified atom stereocenters. The first-order chi connectivity index (χ1) is 8.24. The van der Waals surface area contributed by atoms with Crippen LogP contribution in [-0.2, 0) is 16.1 Å². The minimum Gasteiger partial charge on any atom is -0.376 e. The maximum Gasteiger partial charge on any atom is 0.152 e. The van der Waals surface area contributed by atoms with E-state index >= 15 is 0 Å². The van der Waals surface area contributed by atoms with Gasteiger partial charge in [0.1, 0.15) is 0 Å². The molecule has 0 fully saturated rings. The summed E-state index contributed by atoms with van der Waals surface area (Å²) in [4.78, 5) is 11.5. The van der Waals surface area contributed by atoms with Crippen LogP contribution in [0.1, 0.15) is 18.4 Å². The first-order valence-corrected chi connectivity index (χ1v) is 5.75. The molecule has 0 saturated heterocycles. The van der Waals surface area contributed by atoms with Crippen molar-refractivity contribution in [1.29, 1.82) is 0 Å². The van der Waals surface area contributed by atoms with Crippen molar-refractivity contribution in [3.8, 4) is 0 Å². The van der Waals surface area contributed by atoms with Gasteiger partial charge in [-0.3, -0.25) is 4.79 Å². The summed E-state index contributed by atoms with van der Waals surface area (Å²) < 4.78 is 5.42. The van der Waals surface area contributed by atoms with Gasteiger partial charge >= 0.3 is 0 Å². The number of rotatable bonds is 8. The van der Waals surface area contributed by atoms with E-state index in [2.05, 4.69) is 6.58 Å². The van der Waals surface area contributed by atoms with Gasteiger partial charge in [0.2, 0.25) is 0 Å². The van der Waals surface area contributed by atoms with Crippen LogP contribution in [0, 0.1) is 0 Å². The number of carbonyl (C=O) groups excluding carboxylic acids is 1. The van der Waals surface area contributed by atoms with Crippen LogP contribution in [0.5, 0.6) is 0 Å². The summed E-state index contributed by atoms with van der Waals surface area (Å²) in [5.74, 6) is 0.0259. The van der Waals surface area contributed by atoms with Crippen molar-refractivity contribution in [3.63, 3.8) is 0 Å². The van der Waals surface area contributed by atoms with E-state index in [0.29, 0.717) is 26.1 Å². The number of carbonyl (C=O) groups is 1. The molecular weight excluding hydrogens is 214 g/mol. The van der Waals surface area contributed by atoms with Crippen LogP contribution >= 0.6 is 0 Å². The zero-order chi connectivity index (χ0) is 12.5. The van der Waals surface area contributed by atoms with Crippen molar-refractivity contribution in [2.45, 2.75) is 25.5 Å². The molecule has 1 aromatic carbocycles. The summed E-state index contributed by atoms with van der Waals surface area (Å²) in [6, 6.07) is 9.43. The Morgan fingerprint density at radius 3 is 2.76 bits per heavy atom. The van der Waals surface area contributed by atoms with Crippen LogP contribution in [-0.4, -0.2) is 18.4 Å². The summed E-state index contributed by atoms with van der Waals surface area (Å²) in [5.41, 5.74) is 6.75. The average Bonchev–Trinajstić information content (AvgIpc) is 2.36. The van der Waals surface area contributed by atoms with Crippen LogP contribution in [0.3, 0.4) is 0 Å². The highest BCUT2D eigenvalue weighted by atomic mass is 16.5. The molecule has 0 heterocycles. The lowest BCUT2D eigenvalue weighted by Gasteiger charge is -2.08. The Labute approximate surface area is 102 Å². The minimum atomic E-state index is -0.437. The lowest BCUT2D eigenvalue weighted by atomic mass is 10.1. The topological polar surface area (TPSA) is 52.3 Å². The molecule has 0 spiro atoms. The van der Waals surface area contributed by atoms with Crippen molar-refractivity contribution in [1.82, 2.24) is 0 Å². The second-order valence-corrected chi connectivity index (χ2v) is 3.89. The summed E-state index contributed by atoms with van der Waals surface area (Å²) in [6.45, 7) is 4.50. The van der Waals surface area contributed by atoms with Gasteiger partial charge in [-0.05, 0) is 12.0 Å². The van der Waals surface area contributed by atoms with E-state index in [9.17, 15) is 4.79 Å². The van der Waals surface area contributed by atoms with Gasteiger partial charge in [0.05, 0.1) is 19.3 Å². The Hall–Kier alpha value is -1.45. The quantitative estimate of drug-likeness (QED) is 0.552. The zero-order valence-electron chi connectivity index (χ0n) is 9.97. The number of ether oxygens (including phenoxy) is 1. The smallest absolute Gasteiger partial charge is 0.152 e. The highest BCUT2D eigenvalue weighted by Gasteiger charge is 2.10. The largest absolute Gasteiger partial charge is 0.376 e. The molecular formula is C14H19NO2. The van der Waals surface area contributed by atoms with Gasteiger partial charge in [-0.2, -0.15) is 0 Å². The van der Waals surface area contributed by atoms with Gasteiger partial charge in [0.25, 0.3) is 0 Å². The van der Waals surface area contributed by atoms with Crippen LogP contribution in [0.4, 0.5) is 0 Å². The molecule has 0 bridgehead atoms. The molecule has 0 aliphatic heterocycles. The van der Waals surface area contributed by atoms with Crippen molar-refractivity contribution in [2.75, 3.05) is 6.61 Å². The lowest BCUT2D eigenvalue weighted by Crippen LogP contribution is -2.30. The van der Waals surface area contributed by atoms with E-state index in [1.54, 1.807) is 6.08 Å². The molecule has 1 aromatic rings. The van der Waals surface area contributed by atoms with Crippen molar-refractivity contribution >= 4 is 5.78 Å². The highest BCUT2D eigenvalue weighted by Crippen LogP contribution is 2.02. The van der Waals surface area contributed by atoms with Crippen LogP contribution in [0.25, 0.3) is 0 Å². The minimum absolute atomic E-state index is 0.0259. The fourth-order valence-electron chi connectivity index (χ4n) is 1.43. The molecule has 3 heteroatoms. The predicted molar refractivity (Wildman–Crippen MR) is 68.5 cm³/mol. The number of nitrogens with two attached hydrogens (primary N) is 1. The third-order valence-corrected chi connectivity index (χ3v) is 2.44. The molecule has 0 aromatic heterocycles. The first kappa shape index (κ1) is 13.6. The number of ketones is 1. The van der Waals surface area contributed by atoms with E-state index < -0.39 is 6.04 Å². The SMILES string of the molecule is C=CCC(N)C(=O)CCOCc1ccccc1. The third kappa shape index (κ3) is 5.43. The Kier molecular flexibility index (Phi) is 6.22. The van der Waals surface area contributed by atoms with E-state index in [-0.39, 0.29) is 5.78 Å². The Balaban J connectivity index is 2.16. The van der Waals surface area contributed by atoms with E-state index in [0.717, 1.165) is 5.56 Å². The van der Waals surface area contributed by atoms with Gasteiger partial charge in [0, 0.05) is 6.42 Å². The van der Waals surface area contributed by atoms with Crippen molar-refractivity contribution in [3.05, 3.63) is 48.6 Å². The molecule has 0 aliphatic carbocycles. The third-order valence-electron chi connectivity index (χ3n) is 2.44. The molecule has 0 saturated carbocycles. The zero-order valence-corrected chi connectivity index (χ0v) is 9.97. The highest BCUT2D eigenvalue weighted by molar-refractivity contribution is 5.83. The maximum atomic E-state index is 11.5. The van der Waals surface area contributed by atoms with Gasteiger partial charge in [-0.25, -0.2) is 0 Å². The number of Topliss-reactive ketones (excluding diaryl/α,β-unsaturated/α-hetero) is 1. The van der Waals surface area contributed by atoms with Gasteiger partial charge in [-0.1, -0.05) is 36.4 Å². The van der Waals surface area contributed by atoms with Gasteiger partial charge < -0.3 is 10.5 Å². The van der Waals surface area contributed by atoms with E-state index in [1.165, 1.54) is 0 Å². The number of hydrogen-bond donors (Lipinski definition) is 1. The monoisotopic (exact) mass is 233 g/mol. The van der Waals surface area contributed by atoms with Crippen molar-refractivity contribution in [2.24, 2.45) is 5.73 Å². The fourth-order valence-corrected chi connectivity index (χ4v) is 1.43. The molecule has 0 amide bonds. The fraction of sp³-hybridized carbons (Fsp3) is 0.357. The number of hydrogen-bond acceptors (Lipinski definition) is 3. The van der Waals surface area contributed by atoms with E-state index in [4.69, 9.17) is 10.5 Å². The van der Waals surface area contributed by atoms with Crippen LogP contribution < -0.4 is 5.73 Å². The Bertz CT molecular complexity index is 348. The second kappa shape index (κ2) is 7.76. The number of benzene rings is 1. The average molecular weight is 233 g/mol. The summed E-state index contributed by atoms with van der Waals surface area (Å²) >= 11 is 0. The standard InChI is InChI=1S/C14H19NO2/c1-2-6-13(15)14(16)9-10-17-11-12-7-4-3-5-8-12/h2-5,7-8,13H,1,6,9-11,15H2. The van der Waals surface area contributed by atoms with E-state index in [1.807, 2.05) is 30.3 Å². The molecule has 92 valence electrons. The Morgan fingerprint density at radius 1 is 1.41 bits per heavy atom. The molecule has 1 rings (SSSR count). The molecule has 1 atom stereocenters. The molecule has 3 nitrogen and oxygen atoms in total.